The second kappa shape index (κ2) is 4.81. The molecule has 3 nitrogen and oxygen atoms in total. The van der Waals surface area contributed by atoms with Gasteiger partial charge in [-0.25, -0.2) is 0 Å². The summed E-state index contributed by atoms with van der Waals surface area (Å²) in [5.41, 5.74) is 1.24. The Morgan fingerprint density at radius 3 is 2.73 bits per heavy atom. The molecule has 15 heavy (non-hydrogen) atoms. The Bertz CT molecular complexity index is 276. The van der Waals surface area contributed by atoms with E-state index in [0.717, 1.165) is 19.4 Å². The highest BCUT2D eigenvalue weighted by Crippen LogP contribution is 2.27. The summed E-state index contributed by atoms with van der Waals surface area (Å²) in [7, 11) is 0. The van der Waals surface area contributed by atoms with Crippen LogP contribution in [-0.2, 0) is 6.54 Å². The van der Waals surface area contributed by atoms with E-state index >= 15 is 0 Å². The first-order valence-electron chi connectivity index (χ1n) is 5.82. The van der Waals surface area contributed by atoms with E-state index in [1.54, 1.807) is 0 Å². The fraction of sp³-hybridized carbons (Fsp3) is 0.667. The van der Waals surface area contributed by atoms with E-state index in [0.29, 0.717) is 0 Å². The molecule has 2 rings (SSSR count). The van der Waals surface area contributed by atoms with Crippen LogP contribution in [0.4, 0.5) is 0 Å². The van der Waals surface area contributed by atoms with Gasteiger partial charge in [0.1, 0.15) is 0 Å². The molecule has 1 aromatic rings. The molecule has 0 unspecified atom stereocenters. The molecule has 1 fully saturated rings. The van der Waals surface area contributed by atoms with Gasteiger partial charge in [-0.3, -0.25) is 0 Å². The highest BCUT2D eigenvalue weighted by molar-refractivity contribution is 5.08. The Labute approximate surface area is 90.9 Å². The Balaban J connectivity index is 1.89. The van der Waals surface area contributed by atoms with Gasteiger partial charge < -0.3 is 15.4 Å². The highest BCUT2D eigenvalue weighted by Gasteiger charge is 2.30. The Morgan fingerprint density at radius 2 is 2.13 bits per heavy atom. The van der Waals surface area contributed by atoms with Gasteiger partial charge in [0.15, 0.2) is 0 Å². The maximum Gasteiger partial charge on any atom is 0.0613 e. The SMILES string of the molecule is OCC1(NCc2cc[nH]c2)CCCCC1. The first-order valence-corrected chi connectivity index (χ1v) is 5.82. The van der Waals surface area contributed by atoms with Crippen LogP contribution >= 0.6 is 0 Å². The van der Waals surface area contributed by atoms with Crippen molar-refractivity contribution in [2.45, 2.75) is 44.2 Å². The number of hydrogen-bond acceptors (Lipinski definition) is 2. The van der Waals surface area contributed by atoms with Crippen LogP contribution in [-0.4, -0.2) is 22.2 Å². The van der Waals surface area contributed by atoms with Gasteiger partial charge in [-0.2, -0.15) is 0 Å². The zero-order chi connectivity index (χ0) is 10.6. The lowest BCUT2D eigenvalue weighted by Crippen LogP contribution is -2.49. The lowest BCUT2D eigenvalue weighted by molar-refractivity contribution is 0.119. The highest BCUT2D eigenvalue weighted by atomic mass is 16.3. The van der Waals surface area contributed by atoms with Crippen molar-refractivity contribution < 1.29 is 5.11 Å². The third-order valence-corrected chi connectivity index (χ3v) is 3.44. The summed E-state index contributed by atoms with van der Waals surface area (Å²) in [5, 5.41) is 13.0. The molecule has 1 aromatic heterocycles. The smallest absolute Gasteiger partial charge is 0.0613 e. The average Bonchev–Trinajstić information content (AvgIpc) is 2.81. The zero-order valence-corrected chi connectivity index (χ0v) is 9.13. The van der Waals surface area contributed by atoms with Crippen LogP contribution in [0.2, 0.25) is 0 Å². The Hall–Kier alpha value is -0.800. The molecule has 3 N–H and O–H groups in total. The van der Waals surface area contributed by atoms with Crippen LogP contribution in [0.25, 0.3) is 0 Å². The summed E-state index contributed by atoms with van der Waals surface area (Å²) >= 11 is 0. The minimum Gasteiger partial charge on any atom is -0.394 e. The number of hydrogen-bond donors (Lipinski definition) is 3. The van der Waals surface area contributed by atoms with E-state index in [1.807, 2.05) is 12.4 Å². The number of aromatic amines is 1. The van der Waals surface area contributed by atoms with E-state index in [-0.39, 0.29) is 12.1 Å². The molecular weight excluding hydrogens is 188 g/mol. The van der Waals surface area contributed by atoms with Crippen LogP contribution in [0.1, 0.15) is 37.7 Å². The Morgan fingerprint density at radius 1 is 1.33 bits per heavy atom. The molecule has 0 aliphatic heterocycles. The topological polar surface area (TPSA) is 48.0 Å². The van der Waals surface area contributed by atoms with Crippen LogP contribution in [0.5, 0.6) is 0 Å². The maximum atomic E-state index is 9.50. The zero-order valence-electron chi connectivity index (χ0n) is 9.13. The summed E-state index contributed by atoms with van der Waals surface area (Å²) < 4.78 is 0. The number of H-pyrrole nitrogens is 1. The van der Waals surface area contributed by atoms with E-state index in [2.05, 4.69) is 16.4 Å². The molecular formula is C12H20N2O. The second-order valence-electron chi connectivity index (χ2n) is 4.57. The molecule has 0 radical (unpaired) electrons. The molecule has 1 aliphatic carbocycles. The van der Waals surface area contributed by atoms with Gasteiger partial charge in [0.05, 0.1) is 6.61 Å². The van der Waals surface area contributed by atoms with Crippen molar-refractivity contribution in [1.82, 2.24) is 10.3 Å². The molecule has 0 bridgehead atoms. The minimum absolute atomic E-state index is 0.0183. The predicted octanol–water partition coefficient (Wildman–Crippen LogP) is 1.80. The van der Waals surface area contributed by atoms with E-state index < -0.39 is 0 Å². The van der Waals surface area contributed by atoms with Gasteiger partial charge in [-0.05, 0) is 24.5 Å². The number of rotatable bonds is 4. The molecule has 1 aliphatic rings. The molecule has 0 saturated heterocycles. The number of aromatic nitrogens is 1. The van der Waals surface area contributed by atoms with Gasteiger partial charge in [0.2, 0.25) is 0 Å². The maximum absolute atomic E-state index is 9.50. The first kappa shape index (κ1) is 10.7. The van der Waals surface area contributed by atoms with Crippen molar-refractivity contribution >= 4 is 0 Å². The third kappa shape index (κ3) is 2.61. The Kier molecular flexibility index (Phi) is 3.44. The molecule has 0 amide bonds. The lowest BCUT2D eigenvalue weighted by Gasteiger charge is -2.36. The van der Waals surface area contributed by atoms with Gasteiger partial charge in [0, 0.05) is 24.5 Å². The third-order valence-electron chi connectivity index (χ3n) is 3.44. The van der Waals surface area contributed by atoms with E-state index in [9.17, 15) is 5.11 Å². The largest absolute Gasteiger partial charge is 0.394 e. The summed E-state index contributed by atoms with van der Waals surface area (Å²) in [6.45, 7) is 1.11. The van der Waals surface area contributed by atoms with E-state index in [4.69, 9.17) is 0 Å². The van der Waals surface area contributed by atoms with Gasteiger partial charge >= 0.3 is 0 Å². The predicted molar refractivity (Wildman–Crippen MR) is 60.5 cm³/mol. The molecule has 0 atom stereocenters. The van der Waals surface area contributed by atoms with Crippen molar-refractivity contribution in [3.63, 3.8) is 0 Å². The number of aliphatic hydroxyl groups is 1. The quantitative estimate of drug-likeness (QED) is 0.706. The van der Waals surface area contributed by atoms with Crippen molar-refractivity contribution in [3.05, 3.63) is 24.0 Å². The van der Waals surface area contributed by atoms with Crippen molar-refractivity contribution in [3.8, 4) is 0 Å². The molecule has 0 aromatic carbocycles. The summed E-state index contributed by atoms with van der Waals surface area (Å²) in [4.78, 5) is 3.05. The fourth-order valence-corrected chi connectivity index (χ4v) is 2.38. The standard InChI is InChI=1S/C12H20N2O/c15-10-12(5-2-1-3-6-12)14-9-11-4-7-13-8-11/h4,7-8,13-15H,1-3,5-6,9-10H2. The van der Waals surface area contributed by atoms with Gasteiger partial charge in [0.25, 0.3) is 0 Å². The fourth-order valence-electron chi connectivity index (χ4n) is 2.38. The molecule has 0 spiro atoms. The van der Waals surface area contributed by atoms with Crippen LogP contribution in [0.15, 0.2) is 18.5 Å². The number of aliphatic hydroxyl groups excluding tert-OH is 1. The number of nitrogens with one attached hydrogen (secondary N) is 2. The molecule has 1 heterocycles. The van der Waals surface area contributed by atoms with Crippen LogP contribution in [0.3, 0.4) is 0 Å². The minimum atomic E-state index is -0.0183. The van der Waals surface area contributed by atoms with E-state index in [1.165, 1.54) is 24.8 Å². The molecule has 3 heteroatoms. The summed E-state index contributed by atoms with van der Waals surface area (Å²) in [5.74, 6) is 0. The van der Waals surface area contributed by atoms with Crippen LogP contribution < -0.4 is 5.32 Å². The lowest BCUT2D eigenvalue weighted by atomic mass is 9.82. The van der Waals surface area contributed by atoms with Crippen molar-refractivity contribution in [2.75, 3.05) is 6.61 Å². The van der Waals surface area contributed by atoms with Crippen molar-refractivity contribution in [1.29, 1.82) is 0 Å². The van der Waals surface area contributed by atoms with Crippen LogP contribution in [0, 0.1) is 0 Å². The van der Waals surface area contributed by atoms with Gasteiger partial charge in [-0.15, -0.1) is 0 Å². The first-order chi connectivity index (χ1) is 7.35. The second-order valence-corrected chi connectivity index (χ2v) is 4.57. The average molecular weight is 208 g/mol. The summed E-state index contributed by atoms with van der Waals surface area (Å²) in [6.07, 6.45) is 9.93. The normalized spacial score (nSPS) is 20.3. The summed E-state index contributed by atoms with van der Waals surface area (Å²) in [6, 6.07) is 2.07. The van der Waals surface area contributed by atoms with Gasteiger partial charge in [-0.1, -0.05) is 19.3 Å². The molecule has 84 valence electrons. The monoisotopic (exact) mass is 208 g/mol. The molecule has 1 saturated carbocycles. The van der Waals surface area contributed by atoms with Crippen molar-refractivity contribution in [2.24, 2.45) is 0 Å².